The zero-order chi connectivity index (χ0) is 19.6. The Labute approximate surface area is 169 Å². The molecule has 0 aliphatic carbocycles. The second kappa shape index (κ2) is 8.32. The number of thiophene rings is 1. The molecule has 1 N–H and O–H groups in total. The van der Waals surface area contributed by atoms with Crippen molar-refractivity contribution in [1.82, 2.24) is 9.62 Å². The summed E-state index contributed by atoms with van der Waals surface area (Å²) in [7, 11) is -3.68. The summed E-state index contributed by atoms with van der Waals surface area (Å²) in [5.74, 6) is -0.118. The summed E-state index contributed by atoms with van der Waals surface area (Å²) in [6.07, 6.45) is 3.64. The van der Waals surface area contributed by atoms with Crippen LogP contribution in [0.15, 0.2) is 46.7 Å². The summed E-state index contributed by atoms with van der Waals surface area (Å²) < 4.78 is 33.4. The first kappa shape index (κ1) is 19.6. The van der Waals surface area contributed by atoms with E-state index in [0.29, 0.717) is 18.7 Å². The minimum Gasteiger partial charge on any atom is -0.377 e. The van der Waals surface area contributed by atoms with E-state index in [0.717, 1.165) is 25.7 Å². The number of rotatable bonds is 6. The van der Waals surface area contributed by atoms with Crippen LogP contribution in [0.25, 0.3) is 0 Å². The zero-order valence-corrected chi connectivity index (χ0v) is 17.2. The van der Waals surface area contributed by atoms with Crippen molar-refractivity contribution < 1.29 is 17.9 Å². The van der Waals surface area contributed by atoms with E-state index in [1.54, 1.807) is 23.5 Å². The molecular formula is C20H24N2O4S2. The Morgan fingerprint density at radius 2 is 2.11 bits per heavy atom. The normalized spacial score (nSPS) is 22.6. The van der Waals surface area contributed by atoms with Gasteiger partial charge in [0.15, 0.2) is 0 Å². The third kappa shape index (κ3) is 4.15. The standard InChI is InChI=1S/C20H24N2O4S2/c23-20(22-10-2-8-18(22)19-9-4-12-27-19)15-5-1-7-17(13-15)28(24,25)21-14-16-6-3-11-26-16/h1,4-5,7,9,12-13,16,18,21H,2-3,6,8,10-11,14H2. The molecule has 0 spiro atoms. The quantitative estimate of drug-likeness (QED) is 0.779. The third-order valence-electron chi connectivity index (χ3n) is 5.30. The van der Waals surface area contributed by atoms with E-state index in [4.69, 9.17) is 4.74 Å². The lowest BCUT2D eigenvalue weighted by Crippen LogP contribution is -2.32. The van der Waals surface area contributed by atoms with Crippen molar-refractivity contribution in [2.75, 3.05) is 19.7 Å². The Kier molecular flexibility index (Phi) is 5.82. The summed E-state index contributed by atoms with van der Waals surface area (Å²) in [5.41, 5.74) is 0.406. The average Bonchev–Trinajstić information content (AvgIpc) is 3.48. The minimum absolute atomic E-state index is 0.0734. The van der Waals surface area contributed by atoms with Gasteiger partial charge in [0.2, 0.25) is 10.0 Å². The molecule has 2 aliphatic rings. The van der Waals surface area contributed by atoms with Crippen LogP contribution in [0.3, 0.4) is 0 Å². The fraction of sp³-hybridized carbons (Fsp3) is 0.450. The molecular weight excluding hydrogens is 396 g/mol. The van der Waals surface area contributed by atoms with Crippen LogP contribution >= 0.6 is 11.3 Å². The maximum atomic E-state index is 13.1. The van der Waals surface area contributed by atoms with Crippen LogP contribution in [0.2, 0.25) is 0 Å². The lowest BCUT2D eigenvalue weighted by Gasteiger charge is -2.24. The number of likely N-dealkylation sites (tertiary alicyclic amines) is 1. The molecule has 2 aromatic rings. The molecule has 150 valence electrons. The van der Waals surface area contributed by atoms with Gasteiger partial charge >= 0.3 is 0 Å². The van der Waals surface area contributed by atoms with Gasteiger partial charge in [0.25, 0.3) is 5.91 Å². The second-order valence-corrected chi connectivity index (χ2v) is 9.93. The second-order valence-electron chi connectivity index (χ2n) is 7.19. The van der Waals surface area contributed by atoms with E-state index in [2.05, 4.69) is 10.8 Å². The summed E-state index contributed by atoms with van der Waals surface area (Å²) in [4.78, 5) is 16.2. The minimum atomic E-state index is -3.68. The molecule has 8 heteroatoms. The number of ether oxygens (including phenoxy) is 1. The number of nitrogens with zero attached hydrogens (tertiary/aromatic N) is 1. The summed E-state index contributed by atoms with van der Waals surface area (Å²) in [5, 5.41) is 2.02. The van der Waals surface area contributed by atoms with E-state index in [1.807, 2.05) is 16.3 Å². The molecule has 2 unspecified atom stereocenters. The Bertz CT molecular complexity index is 921. The Morgan fingerprint density at radius 1 is 1.21 bits per heavy atom. The first-order chi connectivity index (χ1) is 13.5. The fourth-order valence-electron chi connectivity index (χ4n) is 3.84. The van der Waals surface area contributed by atoms with Crippen LogP contribution < -0.4 is 4.72 Å². The molecule has 3 heterocycles. The molecule has 0 saturated carbocycles. The molecule has 1 amide bonds. The highest BCUT2D eigenvalue weighted by Gasteiger charge is 2.31. The van der Waals surface area contributed by atoms with Gasteiger partial charge < -0.3 is 9.64 Å². The van der Waals surface area contributed by atoms with Gasteiger partial charge in [0.05, 0.1) is 17.0 Å². The van der Waals surface area contributed by atoms with Gasteiger partial charge in [-0.2, -0.15) is 0 Å². The van der Waals surface area contributed by atoms with Gasteiger partial charge in [-0.15, -0.1) is 11.3 Å². The predicted molar refractivity (Wildman–Crippen MR) is 108 cm³/mol. The van der Waals surface area contributed by atoms with Gasteiger partial charge in [-0.3, -0.25) is 4.79 Å². The molecule has 6 nitrogen and oxygen atoms in total. The Hall–Kier alpha value is -1.74. The smallest absolute Gasteiger partial charge is 0.254 e. The van der Waals surface area contributed by atoms with Crippen molar-refractivity contribution in [2.45, 2.75) is 42.7 Å². The van der Waals surface area contributed by atoms with Crippen molar-refractivity contribution >= 4 is 27.3 Å². The number of amides is 1. The van der Waals surface area contributed by atoms with Gasteiger partial charge in [-0.25, -0.2) is 13.1 Å². The topological polar surface area (TPSA) is 75.7 Å². The maximum absolute atomic E-state index is 13.1. The Balaban J connectivity index is 1.50. The molecule has 28 heavy (non-hydrogen) atoms. The molecule has 2 aliphatic heterocycles. The van der Waals surface area contributed by atoms with Crippen molar-refractivity contribution in [1.29, 1.82) is 0 Å². The number of nitrogens with one attached hydrogen (secondary N) is 1. The summed E-state index contributed by atoms with van der Waals surface area (Å²) >= 11 is 1.65. The van der Waals surface area contributed by atoms with E-state index in [9.17, 15) is 13.2 Å². The largest absolute Gasteiger partial charge is 0.377 e. The van der Waals surface area contributed by atoms with Crippen LogP contribution in [-0.2, 0) is 14.8 Å². The highest BCUT2D eigenvalue weighted by molar-refractivity contribution is 7.89. The first-order valence-corrected chi connectivity index (χ1v) is 12.0. The molecule has 0 bridgehead atoms. The molecule has 2 atom stereocenters. The van der Waals surface area contributed by atoms with Crippen LogP contribution in [-0.4, -0.2) is 45.0 Å². The van der Waals surface area contributed by atoms with E-state index < -0.39 is 10.0 Å². The SMILES string of the molecule is O=C(c1cccc(S(=O)(=O)NCC2CCCO2)c1)N1CCCC1c1cccs1. The third-order valence-corrected chi connectivity index (χ3v) is 7.70. The van der Waals surface area contributed by atoms with Gasteiger partial charge in [-0.05, 0) is 55.3 Å². The molecule has 4 rings (SSSR count). The molecule has 1 aromatic carbocycles. The van der Waals surface area contributed by atoms with Crippen molar-refractivity contribution in [3.8, 4) is 0 Å². The number of hydrogen-bond acceptors (Lipinski definition) is 5. The van der Waals surface area contributed by atoms with Crippen LogP contribution in [0.5, 0.6) is 0 Å². The Morgan fingerprint density at radius 3 is 2.86 bits per heavy atom. The fourth-order valence-corrected chi connectivity index (χ4v) is 5.83. The molecule has 2 fully saturated rings. The maximum Gasteiger partial charge on any atom is 0.254 e. The van der Waals surface area contributed by atoms with Crippen molar-refractivity contribution in [2.24, 2.45) is 0 Å². The van der Waals surface area contributed by atoms with Gasteiger partial charge in [0.1, 0.15) is 0 Å². The lowest BCUT2D eigenvalue weighted by molar-refractivity contribution is 0.0737. The highest BCUT2D eigenvalue weighted by Crippen LogP contribution is 2.35. The van der Waals surface area contributed by atoms with E-state index in [-0.39, 0.29) is 29.5 Å². The molecule has 2 saturated heterocycles. The number of hydrogen-bond donors (Lipinski definition) is 1. The average molecular weight is 421 g/mol. The predicted octanol–water partition coefficient (Wildman–Crippen LogP) is 3.18. The molecule has 0 radical (unpaired) electrons. The zero-order valence-electron chi connectivity index (χ0n) is 15.5. The van der Waals surface area contributed by atoms with Crippen LogP contribution in [0.1, 0.15) is 47.0 Å². The van der Waals surface area contributed by atoms with Crippen molar-refractivity contribution in [3.05, 3.63) is 52.2 Å². The number of carbonyl (C=O) groups excluding carboxylic acids is 1. The summed E-state index contributed by atoms with van der Waals surface area (Å²) in [6, 6.07) is 10.4. The summed E-state index contributed by atoms with van der Waals surface area (Å²) in [6.45, 7) is 1.63. The van der Waals surface area contributed by atoms with Crippen LogP contribution in [0, 0.1) is 0 Å². The number of benzene rings is 1. The first-order valence-electron chi connectivity index (χ1n) is 9.60. The van der Waals surface area contributed by atoms with E-state index in [1.165, 1.54) is 17.0 Å². The van der Waals surface area contributed by atoms with E-state index >= 15 is 0 Å². The number of sulfonamides is 1. The molecule has 1 aromatic heterocycles. The van der Waals surface area contributed by atoms with Crippen molar-refractivity contribution in [3.63, 3.8) is 0 Å². The highest BCUT2D eigenvalue weighted by atomic mass is 32.2. The monoisotopic (exact) mass is 420 g/mol. The lowest BCUT2D eigenvalue weighted by atomic mass is 10.1. The van der Waals surface area contributed by atoms with Gasteiger partial charge in [0, 0.05) is 30.1 Å². The van der Waals surface area contributed by atoms with Crippen LogP contribution in [0.4, 0.5) is 0 Å². The van der Waals surface area contributed by atoms with Gasteiger partial charge in [-0.1, -0.05) is 12.1 Å². The number of carbonyl (C=O) groups is 1.